The third kappa shape index (κ3) is 3.11. The number of nitrogens with zero attached hydrogens (tertiary/aromatic N) is 2. The molecule has 0 aliphatic rings. The first-order chi connectivity index (χ1) is 9.99. The van der Waals surface area contributed by atoms with Gasteiger partial charge in [0.2, 0.25) is 0 Å². The normalized spacial score (nSPS) is 13.9. The number of carboxylic acid groups (broad SMARTS) is 1. The van der Waals surface area contributed by atoms with Crippen LogP contribution in [0.1, 0.15) is 11.3 Å². The number of aromatic nitrogens is 2. The summed E-state index contributed by atoms with van der Waals surface area (Å²) < 4.78 is 1.77. The van der Waals surface area contributed by atoms with Gasteiger partial charge in [0.25, 0.3) is 0 Å². The number of hydrogen-bond donors (Lipinski definition) is 2. The molecule has 0 radical (unpaired) electrons. The van der Waals surface area contributed by atoms with Crippen LogP contribution in [0.3, 0.4) is 0 Å². The molecule has 2 aromatic rings. The number of rotatable bonds is 6. The third-order valence-electron chi connectivity index (χ3n) is 3.45. The Morgan fingerprint density at radius 2 is 2.10 bits per heavy atom. The second kappa shape index (κ2) is 6.32. The molecule has 21 heavy (non-hydrogen) atoms. The second-order valence-corrected chi connectivity index (χ2v) is 5.86. The summed E-state index contributed by atoms with van der Waals surface area (Å²) in [5.74, 6) is -0.510. The molecule has 0 amide bonds. The average Bonchev–Trinajstić information content (AvgIpc) is 2.79. The van der Waals surface area contributed by atoms with Crippen LogP contribution in [-0.4, -0.2) is 33.7 Å². The molecule has 0 aliphatic carbocycles. The first-order valence-electron chi connectivity index (χ1n) is 6.61. The molecule has 0 bridgehead atoms. The van der Waals surface area contributed by atoms with E-state index in [9.17, 15) is 9.90 Å². The second-order valence-electron chi connectivity index (χ2n) is 4.86. The number of carbonyl (C=O) groups is 1. The first-order valence-corrected chi connectivity index (χ1v) is 7.59. The van der Waals surface area contributed by atoms with E-state index in [1.807, 2.05) is 50.4 Å². The molecule has 1 aromatic heterocycles. The number of carboxylic acids is 1. The topological polar surface area (TPSA) is 67.2 Å². The van der Waals surface area contributed by atoms with E-state index in [0.29, 0.717) is 5.75 Å². The van der Waals surface area contributed by atoms with Crippen LogP contribution in [0.25, 0.3) is 0 Å². The Morgan fingerprint density at radius 3 is 2.57 bits per heavy atom. The van der Waals surface area contributed by atoms with Gasteiger partial charge in [0, 0.05) is 12.8 Å². The maximum Gasteiger partial charge on any atom is 0.329 e. The lowest BCUT2D eigenvalue weighted by molar-refractivity contribution is -0.144. The maximum absolute atomic E-state index is 11.9. The fourth-order valence-electron chi connectivity index (χ4n) is 2.22. The van der Waals surface area contributed by atoms with Crippen molar-refractivity contribution in [2.24, 2.45) is 7.05 Å². The number of nitrogens with one attached hydrogen (secondary N) is 1. The monoisotopic (exact) mass is 305 g/mol. The molecule has 0 spiro atoms. The van der Waals surface area contributed by atoms with Gasteiger partial charge in [0.1, 0.15) is 0 Å². The van der Waals surface area contributed by atoms with Crippen molar-refractivity contribution in [3.63, 3.8) is 0 Å². The number of likely N-dealkylation sites (N-methyl/N-ethyl adjacent to an activating group) is 1. The molecule has 0 fully saturated rings. The number of thioether (sulfide) groups is 1. The van der Waals surface area contributed by atoms with Crippen molar-refractivity contribution < 1.29 is 9.90 Å². The molecule has 0 saturated heterocycles. The van der Waals surface area contributed by atoms with E-state index in [4.69, 9.17) is 0 Å². The molecule has 1 aromatic carbocycles. The lowest BCUT2D eigenvalue weighted by Gasteiger charge is -2.29. The van der Waals surface area contributed by atoms with Gasteiger partial charge in [-0.2, -0.15) is 5.10 Å². The van der Waals surface area contributed by atoms with Crippen molar-refractivity contribution in [2.75, 3.05) is 12.8 Å². The highest BCUT2D eigenvalue weighted by molar-refractivity contribution is 7.99. The van der Waals surface area contributed by atoms with Crippen LogP contribution in [-0.2, 0) is 17.4 Å². The van der Waals surface area contributed by atoms with Crippen LogP contribution in [0, 0.1) is 6.92 Å². The zero-order valence-corrected chi connectivity index (χ0v) is 13.1. The van der Waals surface area contributed by atoms with Crippen molar-refractivity contribution in [2.45, 2.75) is 17.5 Å². The van der Waals surface area contributed by atoms with E-state index in [1.165, 1.54) is 11.8 Å². The molecule has 2 rings (SSSR count). The smallest absolute Gasteiger partial charge is 0.329 e. The molecule has 1 atom stereocenters. The largest absolute Gasteiger partial charge is 0.480 e. The molecular weight excluding hydrogens is 286 g/mol. The van der Waals surface area contributed by atoms with Crippen LogP contribution < -0.4 is 5.32 Å². The molecule has 0 saturated carbocycles. The van der Waals surface area contributed by atoms with Crippen molar-refractivity contribution in [3.8, 4) is 0 Å². The minimum atomic E-state index is -1.12. The predicted molar refractivity (Wildman–Crippen MR) is 83.5 cm³/mol. The van der Waals surface area contributed by atoms with Crippen LogP contribution >= 0.6 is 11.8 Å². The Bertz CT molecular complexity index is 627. The van der Waals surface area contributed by atoms with E-state index < -0.39 is 11.5 Å². The SMILES string of the molecule is CNC(CSc1cc(C)nn1C)(C(=O)O)c1ccccc1. The summed E-state index contributed by atoms with van der Waals surface area (Å²) in [5.41, 5.74) is 0.542. The zero-order chi connectivity index (χ0) is 15.5. The Balaban J connectivity index is 2.29. The fourth-order valence-corrected chi connectivity index (χ4v) is 3.50. The predicted octanol–water partition coefficient (Wildman–Crippen LogP) is 2.02. The summed E-state index contributed by atoms with van der Waals surface area (Å²) in [7, 11) is 3.54. The number of aryl methyl sites for hydroxylation is 2. The van der Waals surface area contributed by atoms with Crippen molar-refractivity contribution in [3.05, 3.63) is 47.7 Å². The highest BCUT2D eigenvalue weighted by Gasteiger charge is 2.39. The van der Waals surface area contributed by atoms with E-state index >= 15 is 0 Å². The molecule has 0 aliphatic heterocycles. The molecule has 112 valence electrons. The van der Waals surface area contributed by atoms with Gasteiger partial charge < -0.3 is 10.4 Å². The van der Waals surface area contributed by atoms with Crippen LogP contribution in [0.4, 0.5) is 0 Å². The summed E-state index contributed by atoms with van der Waals surface area (Å²) in [4.78, 5) is 11.9. The van der Waals surface area contributed by atoms with Crippen LogP contribution in [0.15, 0.2) is 41.4 Å². The Hall–Kier alpha value is -1.79. The highest BCUT2D eigenvalue weighted by Crippen LogP contribution is 2.30. The molecule has 1 unspecified atom stereocenters. The van der Waals surface area contributed by atoms with Gasteiger partial charge in [-0.15, -0.1) is 11.8 Å². The van der Waals surface area contributed by atoms with Gasteiger partial charge in [-0.25, -0.2) is 4.79 Å². The highest BCUT2D eigenvalue weighted by atomic mass is 32.2. The van der Waals surface area contributed by atoms with E-state index in [1.54, 1.807) is 11.7 Å². The molecule has 1 heterocycles. The van der Waals surface area contributed by atoms with Gasteiger partial charge in [0.05, 0.1) is 10.7 Å². The first kappa shape index (κ1) is 15.6. The lowest BCUT2D eigenvalue weighted by atomic mass is 9.92. The molecule has 2 N–H and O–H groups in total. The minimum absolute atomic E-state index is 0.377. The van der Waals surface area contributed by atoms with Crippen LogP contribution in [0.2, 0.25) is 0 Å². The van der Waals surface area contributed by atoms with E-state index in [-0.39, 0.29) is 0 Å². The quantitative estimate of drug-likeness (QED) is 0.799. The number of aliphatic carboxylic acids is 1. The molecule has 5 nitrogen and oxygen atoms in total. The zero-order valence-electron chi connectivity index (χ0n) is 12.3. The minimum Gasteiger partial charge on any atom is -0.480 e. The Labute approximate surface area is 128 Å². The van der Waals surface area contributed by atoms with E-state index in [0.717, 1.165) is 16.3 Å². The summed E-state index contributed by atoms with van der Waals surface area (Å²) in [6, 6.07) is 11.2. The fraction of sp³-hybridized carbons (Fsp3) is 0.333. The van der Waals surface area contributed by atoms with E-state index in [2.05, 4.69) is 10.4 Å². The average molecular weight is 305 g/mol. The van der Waals surface area contributed by atoms with Gasteiger partial charge in [-0.05, 0) is 25.6 Å². The number of hydrogen-bond acceptors (Lipinski definition) is 4. The van der Waals surface area contributed by atoms with Crippen molar-refractivity contribution in [1.29, 1.82) is 0 Å². The molecule has 6 heteroatoms. The standard InChI is InChI=1S/C15H19N3O2S/c1-11-9-13(18(3)17-11)21-10-15(16-2,14(19)20)12-7-5-4-6-8-12/h4-9,16H,10H2,1-3H3,(H,19,20). The number of benzene rings is 1. The summed E-state index contributed by atoms with van der Waals surface area (Å²) in [6.07, 6.45) is 0. The Kier molecular flexibility index (Phi) is 4.69. The van der Waals surface area contributed by atoms with Crippen molar-refractivity contribution in [1.82, 2.24) is 15.1 Å². The third-order valence-corrected chi connectivity index (χ3v) is 4.71. The van der Waals surface area contributed by atoms with Gasteiger partial charge >= 0.3 is 5.97 Å². The van der Waals surface area contributed by atoms with Gasteiger partial charge in [-0.1, -0.05) is 30.3 Å². The maximum atomic E-state index is 11.9. The van der Waals surface area contributed by atoms with Gasteiger partial charge in [0.15, 0.2) is 5.54 Å². The van der Waals surface area contributed by atoms with Gasteiger partial charge in [-0.3, -0.25) is 4.68 Å². The summed E-state index contributed by atoms with van der Waals surface area (Å²) in [6.45, 7) is 1.92. The van der Waals surface area contributed by atoms with Crippen molar-refractivity contribution >= 4 is 17.7 Å². The Morgan fingerprint density at radius 1 is 1.43 bits per heavy atom. The summed E-state index contributed by atoms with van der Waals surface area (Å²) >= 11 is 1.48. The lowest BCUT2D eigenvalue weighted by Crippen LogP contribution is -2.49. The summed E-state index contributed by atoms with van der Waals surface area (Å²) in [5, 5.41) is 17.9. The van der Waals surface area contributed by atoms with Crippen LogP contribution in [0.5, 0.6) is 0 Å². The molecular formula is C15H19N3O2S.